The second-order valence-corrected chi connectivity index (χ2v) is 5.20. The van der Waals surface area contributed by atoms with Crippen molar-refractivity contribution in [1.29, 1.82) is 0 Å². The van der Waals surface area contributed by atoms with Gasteiger partial charge in [0.2, 0.25) is 5.91 Å². The van der Waals surface area contributed by atoms with Crippen LogP contribution in [0, 0.1) is 0 Å². The maximum absolute atomic E-state index is 12.7. The lowest BCUT2D eigenvalue weighted by atomic mass is 10.0. The number of carbonyl (C=O) groups is 1. The summed E-state index contributed by atoms with van der Waals surface area (Å²) in [5.74, 6) is 0.149. The third-order valence-electron chi connectivity index (χ3n) is 3.58. The lowest BCUT2D eigenvalue weighted by Crippen LogP contribution is -2.49. The van der Waals surface area contributed by atoms with Gasteiger partial charge in [-0.2, -0.15) is 13.2 Å². The molecule has 0 aliphatic carbocycles. The zero-order valence-electron chi connectivity index (χ0n) is 11.7. The summed E-state index contributed by atoms with van der Waals surface area (Å²) in [4.78, 5) is 13.2. The van der Waals surface area contributed by atoms with Crippen LogP contribution >= 0.6 is 0 Å². The molecule has 1 saturated heterocycles. The Kier molecular flexibility index (Phi) is 5.27. The van der Waals surface area contributed by atoms with Gasteiger partial charge >= 0.3 is 6.18 Å². The molecule has 1 aliphatic rings. The number of hydrogen-bond acceptors (Lipinski definition) is 3. The number of aryl methyl sites for hydroxylation is 1. The first-order chi connectivity index (χ1) is 9.96. The molecule has 2 heterocycles. The van der Waals surface area contributed by atoms with Crippen LogP contribution in [-0.4, -0.2) is 42.7 Å². The van der Waals surface area contributed by atoms with E-state index in [0.29, 0.717) is 38.1 Å². The zero-order chi connectivity index (χ0) is 15.3. The number of nitrogens with one attached hydrogen (secondary N) is 1. The molecule has 2 rings (SSSR count). The summed E-state index contributed by atoms with van der Waals surface area (Å²) in [6.45, 7) is 0.115. The molecule has 1 aromatic rings. The minimum atomic E-state index is -4.37. The molecule has 118 valence electrons. The molecule has 0 atom stereocenters. The van der Waals surface area contributed by atoms with E-state index in [0.717, 1.165) is 4.90 Å². The summed E-state index contributed by atoms with van der Waals surface area (Å²) in [5, 5.41) is 3.09. The predicted octanol–water partition coefficient (Wildman–Crippen LogP) is 2.36. The van der Waals surface area contributed by atoms with Crippen molar-refractivity contribution < 1.29 is 22.4 Å². The van der Waals surface area contributed by atoms with Gasteiger partial charge in [-0.25, -0.2) is 0 Å². The van der Waals surface area contributed by atoms with Gasteiger partial charge in [0.1, 0.15) is 12.3 Å². The van der Waals surface area contributed by atoms with Crippen molar-refractivity contribution in [3.05, 3.63) is 24.2 Å². The van der Waals surface area contributed by atoms with Crippen molar-refractivity contribution >= 4 is 5.91 Å². The molecule has 1 aromatic heterocycles. The van der Waals surface area contributed by atoms with Crippen LogP contribution in [-0.2, 0) is 11.2 Å². The van der Waals surface area contributed by atoms with E-state index in [1.165, 1.54) is 6.26 Å². The highest BCUT2D eigenvalue weighted by Gasteiger charge is 2.36. The number of nitrogens with zero attached hydrogens (tertiary/aromatic N) is 1. The Balaban J connectivity index is 1.97. The molecule has 7 heteroatoms. The number of alkyl halides is 3. The highest BCUT2D eigenvalue weighted by Crippen LogP contribution is 2.22. The standard InChI is InChI=1S/C14H19F3N2O2/c15-14(16,17)10-19(11-5-7-18-8-6-11)13(20)4-3-12-2-1-9-21-12/h1-2,9,11,18H,3-8,10H2. The molecule has 1 fully saturated rings. The monoisotopic (exact) mass is 304 g/mol. The van der Waals surface area contributed by atoms with Crippen molar-refractivity contribution in [2.45, 2.75) is 37.9 Å². The number of furan rings is 1. The highest BCUT2D eigenvalue weighted by atomic mass is 19.4. The molecule has 0 aromatic carbocycles. The fourth-order valence-electron chi connectivity index (χ4n) is 2.56. The third kappa shape index (κ3) is 5.08. The minimum absolute atomic E-state index is 0.0352. The molecule has 0 radical (unpaired) electrons. The van der Waals surface area contributed by atoms with E-state index in [2.05, 4.69) is 5.32 Å². The van der Waals surface area contributed by atoms with Gasteiger partial charge < -0.3 is 14.6 Å². The summed E-state index contributed by atoms with van der Waals surface area (Å²) in [5.41, 5.74) is 0. The second-order valence-electron chi connectivity index (χ2n) is 5.20. The lowest BCUT2D eigenvalue weighted by molar-refractivity contribution is -0.166. The number of halogens is 3. The number of piperidine rings is 1. The number of carbonyl (C=O) groups excluding carboxylic acids is 1. The van der Waals surface area contributed by atoms with E-state index >= 15 is 0 Å². The predicted molar refractivity (Wildman–Crippen MR) is 70.7 cm³/mol. The van der Waals surface area contributed by atoms with Gasteiger partial charge in [0.25, 0.3) is 0 Å². The van der Waals surface area contributed by atoms with Gasteiger partial charge in [0.05, 0.1) is 6.26 Å². The first-order valence-electron chi connectivity index (χ1n) is 7.05. The van der Waals surface area contributed by atoms with Crippen molar-refractivity contribution in [2.24, 2.45) is 0 Å². The van der Waals surface area contributed by atoms with Crippen LogP contribution in [0.15, 0.2) is 22.8 Å². The van der Waals surface area contributed by atoms with E-state index in [1.54, 1.807) is 12.1 Å². The average Bonchev–Trinajstić information content (AvgIpc) is 2.95. The molecule has 1 N–H and O–H groups in total. The Hall–Kier alpha value is -1.50. The first-order valence-corrected chi connectivity index (χ1v) is 7.05. The van der Waals surface area contributed by atoms with Crippen molar-refractivity contribution in [2.75, 3.05) is 19.6 Å². The van der Waals surface area contributed by atoms with E-state index in [9.17, 15) is 18.0 Å². The topological polar surface area (TPSA) is 45.5 Å². The van der Waals surface area contributed by atoms with E-state index in [4.69, 9.17) is 4.42 Å². The SMILES string of the molecule is O=C(CCc1ccco1)N(CC(F)(F)F)C1CCNCC1. The van der Waals surface area contributed by atoms with E-state index < -0.39 is 18.6 Å². The molecule has 0 bridgehead atoms. The fourth-order valence-corrected chi connectivity index (χ4v) is 2.56. The summed E-state index contributed by atoms with van der Waals surface area (Å²) in [6, 6.07) is 3.07. The lowest BCUT2D eigenvalue weighted by Gasteiger charge is -2.35. The fraction of sp³-hybridized carbons (Fsp3) is 0.643. The number of hydrogen-bond donors (Lipinski definition) is 1. The first kappa shape index (κ1) is 15.9. The Labute approximate surface area is 121 Å². The molecular weight excluding hydrogens is 285 g/mol. The maximum Gasteiger partial charge on any atom is 0.406 e. The molecule has 1 amide bonds. The summed E-state index contributed by atoms with van der Waals surface area (Å²) < 4.78 is 43.2. The Morgan fingerprint density at radius 3 is 2.67 bits per heavy atom. The quantitative estimate of drug-likeness (QED) is 0.908. The van der Waals surface area contributed by atoms with Gasteiger partial charge in [0, 0.05) is 18.9 Å². The van der Waals surface area contributed by atoms with Crippen molar-refractivity contribution in [1.82, 2.24) is 10.2 Å². The van der Waals surface area contributed by atoms with Gasteiger partial charge in [0.15, 0.2) is 0 Å². The van der Waals surface area contributed by atoms with Crippen molar-refractivity contribution in [3.8, 4) is 0 Å². The Bertz CT molecular complexity index is 440. The van der Waals surface area contributed by atoms with Crippen LogP contribution in [0.4, 0.5) is 13.2 Å². The molecule has 21 heavy (non-hydrogen) atoms. The average molecular weight is 304 g/mol. The van der Waals surface area contributed by atoms with Crippen LogP contribution in [0.3, 0.4) is 0 Å². The maximum atomic E-state index is 12.7. The van der Waals surface area contributed by atoms with Crippen LogP contribution in [0.5, 0.6) is 0 Å². The van der Waals surface area contributed by atoms with Gasteiger partial charge in [-0.15, -0.1) is 0 Å². The third-order valence-corrected chi connectivity index (χ3v) is 3.58. The normalized spacial score (nSPS) is 16.9. The summed E-state index contributed by atoms with van der Waals surface area (Å²) >= 11 is 0. The van der Waals surface area contributed by atoms with Crippen LogP contribution < -0.4 is 5.32 Å². The summed E-state index contributed by atoms with van der Waals surface area (Å²) in [7, 11) is 0. The van der Waals surface area contributed by atoms with Crippen LogP contribution in [0.1, 0.15) is 25.0 Å². The Morgan fingerprint density at radius 2 is 2.10 bits per heavy atom. The molecule has 0 unspecified atom stereocenters. The smallest absolute Gasteiger partial charge is 0.406 e. The van der Waals surface area contributed by atoms with Gasteiger partial charge in [-0.05, 0) is 38.1 Å². The summed E-state index contributed by atoms with van der Waals surface area (Å²) in [6.07, 6.45) is -1.41. The molecular formula is C14H19F3N2O2. The van der Waals surface area contributed by atoms with E-state index in [1.807, 2.05) is 0 Å². The molecule has 0 saturated carbocycles. The van der Waals surface area contributed by atoms with Gasteiger partial charge in [-0.3, -0.25) is 4.79 Å². The zero-order valence-corrected chi connectivity index (χ0v) is 11.7. The Morgan fingerprint density at radius 1 is 1.38 bits per heavy atom. The van der Waals surface area contributed by atoms with Crippen molar-refractivity contribution in [3.63, 3.8) is 0 Å². The molecule has 4 nitrogen and oxygen atoms in total. The number of amides is 1. The molecule has 1 aliphatic heterocycles. The van der Waals surface area contributed by atoms with Gasteiger partial charge in [-0.1, -0.05) is 0 Å². The molecule has 0 spiro atoms. The minimum Gasteiger partial charge on any atom is -0.469 e. The second kappa shape index (κ2) is 6.98. The van der Waals surface area contributed by atoms with Crippen LogP contribution in [0.2, 0.25) is 0 Å². The number of rotatable bonds is 5. The highest BCUT2D eigenvalue weighted by molar-refractivity contribution is 5.76. The van der Waals surface area contributed by atoms with E-state index in [-0.39, 0.29) is 12.5 Å². The largest absolute Gasteiger partial charge is 0.469 e. The van der Waals surface area contributed by atoms with Crippen LogP contribution in [0.25, 0.3) is 0 Å².